The maximum atomic E-state index is 6.11. The van der Waals surface area contributed by atoms with Gasteiger partial charge in [-0.1, -0.05) is 32.0 Å². The molecule has 34 heavy (non-hydrogen) atoms. The summed E-state index contributed by atoms with van der Waals surface area (Å²) < 4.78 is 8.26. The molecule has 6 aromatic rings. The van der Waals surface area contributed by atoms with Crippen molar-refractivity contribution < 1.29 is 4.42 Å². The summed E-state index contributed by atoms with van der Waals surface area (Å²) in [4.78, 5) is 8.71. The van der Waals surface area contributed by atoms with Crippen LogP contribution >= 0.6 is 0 Å². The van der Waals surface area contributed by atoms with Crippen LogP contribution in [0.2, 0.25) is 0 Å². The third-order valence-electron chi connectivity index (χ3n) is 6.65. The summed E-state index contributed by atoms with van der Waals surface area (Å²) in [7, 11) is 0. The van der Waals surface area contributed by atoms with Crippen LogP contribution in [0.1, 0.15) is 48.7 Å². The molecule has 168 valence electrons. The summed E-state index contributed by atoms with van der Waals surface area (Å²) in [6.45, 7) is 8.19. The van der Waals surface area contributed by atoms with E-state index in [4.69, 9.17) is 4.42 Å². The Kier molecular flexibility index (Phi) is 4.62. The highest BCUT2D eigenvalue weighted by Gasteiger charge is 2.27. The van der Waals surface area contributed by atoms with Gasteiger partial charge in [0.25, 0.3) is 0 Å². The number of aryl methyl sites for hydroxylation is 2. The fourth-order valence-electron chi connectivity index (χ4n) is 4.59. The van der Waals surface area contributed by atoms with Crippen molar-refractivity contribution in [2.75, 3.05) is 0 Å². The van der Waals surface area contributed by atoms with Gasteiger partial charge in [0.15, 0.2) is 5.65 Å². The molecule has 2 atom stereocenters. The molecule has 6 rings (SSSR count). The zero-order valence-corrected chi connectivity index (χ0v) is 19.4. The molecule has 5 heterocycles. The molecule has 2 unspecified atom stereocenters. The summed E-state index contributed by atoms with van der Waals surface area (Å²) in [5.41, 5.74) is 4.72. The van der Waals surface area contributed by atoms with Gasteiger partial charge in [-0.3, -0.25) is 14.4 Å². The molecule has 0 N–H and O–H groups in total. The number of aromatic nitrogens is 7. The monoisotopic (exact) mass is 449 g/mol. The second kappa shape index (κ2) is 7.69. The molecule has 0 saturated heterocycles. The summed E-state index contributed by atoms with van der Waals surface area (Å²) >= 11 is 0. The van der Waals surface area contributed by atoms with Crippen LogP contribution in [0.15, 0.2) is 59.4 Å². The van der Waals surface area contributed by atoms with Crippen molar-refractivity contribution in [1.82, 2.24) is 34.8 Å². The summed E-state index contributed by atoms with van der Waals surface area (Å²) in [6.07, 6.45) is 5.47. The first-order valence-corrected chi connectivity index (χ1v) is 11.3. The zero-order valence-electron chi connectivity index (χ0n) is 19.4. The van der Waals surface area contributed by atoms with Crippen LogP contribution in [0.3, 0.4) is 0 Å². The van der Waals surface area contributed by atoms with Gasteiger partial charge >= 0.3 is 0 Å². The van der Waals surface area contributed by atoms with Gasteiger partial charge in [0, 0.05) is 52.3 Å². The van der Waals surface area contributed by atoms with Crippen LogP contribution in [0, 0.1) is 13.8 Å². The first-order valence-electron chi connectivity index (χ1n) is 11.3. The number of hydrogen-bond acceptors (Lipinski definition) is 7. The van der Waals surface area contributed by atoms with E-state index < -0.39 is 0 Å². The van der Waals surface area contributed by atoms with Crippen LogP contribution < -0.4 is 0 Å². The average molecular weight is 450 g/mol. The SMILES string of the molecule is Cc1cc(C)c(-c2nnc(C(C)C(C)c3nnc4c5ccncc5c5ccccc5n34)o2)cn1. The van der Waals surface area contributed by atoms with Gasteiger partial charge < -0.3 is 4.42 Å². The maximum Gasteiger partial charge on any atom is 0.249 e. The molecule has 0 spiro atoms. The highest BCUT2D eigenvalue weighted by atomic mass is 16.4. The minimum absolute atomic E-state index is 0.0248. The average Bonchev–Trinajstić information content (AvgIpc) is 3.52. The van der Waals surface area contributed by atoms with Crippen molar-refractivity contribution in [3.8, 4) is 11.5 Å². The van der Waals surface area contributed by atoms with Crippen molar-refractivity contribution in [2.24, 2.45) is 0 Å². The van der Waals surface area contributed by atoms with Crippen molar-refractivity contribution in [2.45, 2.75) is 39.5 Å². The van der Waals surface area contributed by atoms with E-state index in [0.29, 0.717) is 11.8 Å². The van der Waals surface area contributed by atoms with Gasteiger partial charge in [0.1, 0.15) is 5.82 Å². The Balaban J connectivity index is 1.45. The lowest BCUT2D eigenvalue weighted by Gasteiger charge is -2.16. The molecule has 0 aliphatic carbocycles. The summed E-state index contributed by atoms with van der Waals surface area (Å²) in [5.74, 6) is 1.80. The van der Waals surface area contributed by atoms with Crippen molar-refractivity contribution in [3.63, 3.8) is 0 Å². The Hall–Kier alpha value is -4.20. The van der Waals surface area contributed by atoms with Crippen LogP contribution in [-0.4, -0.2) is 34.8 Å². The Bertz CT molecular complexity index is 1680. The minimum Gasteiger partial charge on any atom is -0.420 e. The Morgan fingerprint density at radius 2 is 1.71 bits per heavy atom. The lowest BCUT2D eigenvalue weighted by atomic mass is 9.95. The summed E-state index contributed by atoms with van der Waals surface area (Å²) in [5, 5.41) is 21.1. The third kappa shape index (κ3) is 3.06. The van der Waals surface area contributed by atoms with Gasteiger partial charge in [-0.05, 0) is 37.6 Å². The number of nitrogens with zero attached hydrogens (tertiary/aromatic N) is 7. The van der Waals surface area contributed by atoms with Crippen LogP contribution in [0.25, 0.3) is 38.8 Å². The van der Waals surface area contributed by atoms with E-state index in [1.807, 2.05) is 44.3 Å². The molecular formula is C26H23N7O. The highest BCUT2D eigenvalue weighted by Crippen LogP contribution is 2.36. The molecular weight excluding hydrogens is 426 g/mol. The minimum atomic E-state index is -0.0701. The van der Waals surface area contributed by atoms with Gasteiger partial charge in [0.2, 0.25) is 11.8 Å². The normalized spacial score (nSPS) is 13.6. The van der Waals surface area contributed by atoms with Crippen LogP contribution in [0.5, 0.6) is 0 Å². The first kappa shape index (κ1) is 20.4. The molecule has 0 saturated carbocycles. The zero-order chi connectivity index (χ0) is 23.4. The standard InChI is InChI=1S/C26H23N7O/c1-14-11-15(2)28-13-20(14)26-32-31-25(34-26)17(4)16(3)23-29-30-24-19-9-10-27-12-21(19)18-7-5-6-8-22(18)33(23)24/h5-13,16-17H,1-4H3. The molecule has 5 aromatic heterocycles. The van der Waals surface area contributed by atoms with Gasteiger partial charge in [0.05, 0.1) is 11.1 Å². The van der Waals surface area contributed by atoms with E-state index in [1.54, 1.807) is 12.4 Å². The molecule has 8 heteroatoms. The van der Waals surface area contributed by atoms with Gasteiger partial charge in [-0.2, -0.15) is 0 Å². The number of fused-ring (bicyclic) bond motifs is 6. The fourth-order valence-corrected chi connectivity index (χ4v) is 4.59. The third-order valence-corrected chi connectivity index (χ3v) is 6.65. The fraction of sp³-hybridized carbons (Fsp3) is 0.231. The molecule has 0 aliphatic rings. The molecule has 0 fully saturated rings. The topological polar surface area (TPSA) is 94.9 Å². The largest absolute Gasteiger partial charge is 0.420 e. The Morgan fingerprint density at radius 1 is 0.853 bits per heavy atom. The molecule has 0 radical (unpaired) electrons. The Morgan fingerprint density at radius 3 is 2.56 bits per heavy atom. The predicted octanol–water partition coefficient (Wildman–Crippen LogP) is 5.40. The number of pyridine rings is 3. The second-order valence-corrected chi connectivity index (χ2v) is 8.82. The van der Waals surface area contributed by atoms with Crippen molar-refractivity contribution >= 4 is 27.3 Å². The van der Waals surface area contributed by atoms with E-state index in [1.165, 1.54) is 0 Å². The van der Waals surface area contributed by atoms with E-state index in [0.717, 1.165) is 50.0 Å². The van der Waals surface area contributed by atoms with Gasteiger partial charge in [-0.25, -0.2) is 0 Å². The Labute approximate surface area is 195 Å². The molecule has 0 bridgehead atoms. The predicted molar refractivity (Wildman–Crippen MR) is 130 cm³/mol. The van der Waals surface area contributed by atoms with Gasteiger partial charge in [-0.15, -0.1) is 20.4 Å². The number of rotatable bonds is 4. The highest BCUT2D eigenvalue weighted by molar-refractivity contribution is 6.11. The second-order valence-electron chi connectivity index (χ2n) is 8.82. The van der Waals surface area contributed by atoms with Crippen molar-refractivity contribution in [3.05, 3.63) is 78.0 Å². The van der Waals surface area contributed by atoms with Crippen LogP contribution in [-0.2, 0) is 0 Å². The smallest absolute Gasteiger partial charge is 0.249 e. The molecule has 1 aromatic carbocycles. The van der Waals surface area contributed by atoms with Crippen LogP contribution in [0.4, 0.5) is 0 Å². The van der Waals surface area contributed by atoms with E-state index >= 15 is 0 Å². The van der Waals surface area contributed by atoms with Crippen molar-refractivity contribution in [1.29, 1.82) is 0 Å². The number of benzene rings is 1. The molecule has 8 nitrogen and oxygen atoms in total. The van der Waals surface area contributed by atoms with E-state index in [-0.39, 0.29) is 11.8 Å². The van der Waals surface area contributed by atoms with E-state index in [2.05, 4.69) is 60.7 Å². The maximum absolute atomic E-state index is 6.11. The molecule has 0 amide bonds. The summed E-state index contributed by atoms with van der Waals surface area (Å²) in [6, 6.07) is 12.3. The quantitative estimate of drug-likeness (QED) is 0.333. The lowest BCUT2D eigenvalue weighted by Crippen LogP contribution is -2.10. The number of hydrogen-bond donors (Lipinski definition) is 0. The van der Waals surface area contributed by atoms with E-state index in [9.17, 15) is 0 Å². The first-order chi connectivity index (χ1) is 16.5. The molecule has 0 aliphatic heterocycles. The number of para-hydroxylation sites is 1. The lowest BCUT2D eigenvalue weighted by molar-refractivity contribution is 0.430.